The third-order valence-electron chi connectivity index (χ3n) is 2.36. The number of alkyl halides is 1. The Kier molecular flexibility index (Phi) is 6.53. The Hall–Kier alpha value is 0.140. The molecule has 0 heterocycles. The van der Waals surface area contributed by atoms with E-state index in [0.717, 1.165) is 22.8 Å². The molecule has 0 bridgehead atoms. The van der Waals surface area contributed by atoms with Crippen LogP contribution in [0.5, 0.6) is 0 Å². The van der Waals surface area contributed by atoms with Crippen molar-refractivity contribution in [3.05, 3.63) is 34.3 Å². The molecule has 0 aromatic heterocycles. The van der Waals surface area contributed by atoms with E-state index in [4.69, 9.17) is 4.74 Å². The Bertz CT molecular complexity index is 285. The van der Waals surface area contributed by atoms with Crippen LogP contribution in [0.1, 0.15) is 18.9 Å². The van der Waals surface area contributed by atoms with E-state index in [9.17, 15) is 0 Å². The van der Waals surface area contributed by atoms with Gasteiger partial charge in [-0.3, -0.25) is 0 Å². The highest BCUT2D eigenvalue weighted by atomic mass is 79.9. The number of hydrogen-bond donors (Lipinski definition) is 0. The van der Waals surface area contributed by atoms with E-state index in [2.05, 4.69) is 44.8 Å². The van der Waals surface area contributed by atoms with Crippen molar-refractivity contribution >= 4 is 31.9 Å². The monoisotopic (exact) mass is 334 g/mol. The van der Waals surface area contributed by atoms with Crippen LogP contribution >= 0.6 is 31.9 Å². The molecule has 0 aliphatic heterocycles. The Morgan fingerprint density at radius 2 is 2.07 bits per heavy atom. The van der Waals surface area contributed by atoms with Gasteiger partial charge in [0.15, 0.2) is 0 Å². The summed E-state index contributed by atoms with van der Waals surface area (Å²) < 4.78 is 6.81. The number of hydrogen-bond acceptors (Lipinski definition) is 1. The highest BCUT2D eigenvalue weighted by molar-refractivity contribution is 9.10. The minimum Gasteiger partial charge on any atom is -0.376 e. The topological polar surface area (TPSA) is 9.23 Å². The van der Waals surface area contributed by atoms with Crippen molar-refractivity contribution in [1.29, 1.82) is 0 Å². The van der Waals surface area contributed by atoms with Gasteiger partial charge in [0.05, 0.1) is 13.2 Å². The summed E-state index contributed by atoms with van der Waals surface area (Å²) in [6.45, 7) is 3.70. The highest BCUT2D eigenvalue weighted by Gasteiger charge is 2.05. The second-order valence-electron chi connectivity index (χ2n) is 3.54. The summed E-state index contributed by atoms with van der Waals surface area (Å²) >= 11 is 7.00. The van der Waals surface area contributed by atoms with Crippen molar-refractivity contribution in [2.75, 3.05) is 11.9 Å². The van der Waals surface area contributed by atoms with Crippen LogP contribution in [0.3, 0.4) is 0 Å². The maximum atomic E-state index is 5.68. The lowest BCUT2D eigenvalue weighted by molar-refractivity contribution is 0.0923. The van der Waals surface area contributed by atoms with Crippen LogP contribution < -0.4 is 0 Å². The van der Waals surface area contributed by atoms with Gasteiger partial charge in [-0.05, 0) is 17.5 Å². The zero-order valence-corrected chi connectivity index (χ0v) is 12.1. The number of ether oxygens (including phenoxy) is 1. The summed E-state index contributed by atoms with van der Waals surface area (Å²) in [6, 6.07) is 8.17. The zero-order valence-electron chi connectivity index (χ0n) is 8.88. The molecule has 0 saturated carbocycles. The first kappa shape index (κ1) is 13.2. The molecule has 1 nitrogen and oxygen atoms in total. The first-order valence-corrected chi connectivity index (χ1v) is 7.06. The van der Waals surface area contributed by atoms with Crippen LogP contribution in [0.4, 0.5) is 0 Å². The number of rotatable bonds is 6. The fourth-order valence-corrected chi connectivity index (χ4v) is 2.27. The van der Waals surface area contributed by atoms with Gasteiger partial charge in [0.25, 0.3) is 0 Å². The smallest absolute Gasteiger partial charge is 0.0727 e. The van der Waals surface area contributed by atoms with E-state index in [1.165, 1.54) is 5.56 Å². The van der Waals surface area contributed by atoms with Crippen molar-refractivity contribution in [2.24, 2.45) is 5.92 Å². The molecule has 15 heavy (non-hydrogen) atoms. The Balaban J connectivity index is 2.34. The first-order chi connectivity index (χ1) is 7.27. The van der Waals surface area contributed by atoms with Crippen molar-refractivity contribution in [2.45, 2.75) is 20.0 Å². The standard InChI is InChI=1S/C12H16Br2O/c1-2-10(7-13)8-15-9-11-5-3-4-6-12(11)14/h3-6,10H,2,7-9H2,1H3. The van der Waals surface area contributed by atoms with E-state index < -0.39 is 0 Å². The van der Waals surface area contributed by atoms with Gasteiger partial charge >= 0.3 is 0 Å². The average Bonchev–Trinajstić information content (AvgIpc) is 2.27. The summed E-state index contributed by atoms with van der Waals surface area (Å²) in [5.74, 6) is 0.618. The predicted molar refractivity (Wildman–Crippen MR) is 71.4 cm³/mol. The lowest BCUT2D eigenvalue weighted by Gasteiger charge is -2.12. The molecule has 1 aromatic carbocycles. The second kappa shape index (κ2) is 7.42. The molecule has 1 aromatic rings. The normalized spacial score (nSPS) is 12.7. The maximum Gasteiger partial charge on any atom is 0.0727 e. The van der Waals surface area contributed by atoms with Gasteiger partial charge in [0.2, 0.25) is 0 Å². The molecular formula is C12H16Br2O. The molecule has 0 fully saturated rings. The highest BCUT2D eigenvalue weighted by Crippen LogP contribution is 2.17. The fourth-order valence-electron chi connectivity index (χ4n) is 1.22. The lowest BCUT2D eigenvalue weighted by Crippen LogP contribution is -2.10. The lowest BCUT2D eigenvalue weighted by atomic mass is 10.1. The van der Waals surface area contributed by atoms with Gasteiger partial charge in [0.1, 0.15) is 0 Å². The van der Waals surface area contributed by atoms with E-state index in [1.807, 2.05) is 18.2 Å². The molecule has 0 N–H and O–H groups in total. The van der Waals surface area contributed by atoms with Crippen LogP contribution in [-0.4, -0.2) is 11.9 Å². The first-order valence-electron chi connectivity index (χ1n) is 5.15. The Morgan fingerprint density at radius 1 is 1.33 bits per heavy atom. The van der Waals surface area contributed by atoms with E-state index in [1.54, 1.807) is 0 Å². The molecule has 0 spiro atoms. The van der Waals surface area contributed by atoms with Crippen LogP contribution in [0.25, 0.3) is 0 Å². The van der Waals surface area contributed by atoms with Crippen molar-refractivity contribution in [3.63, 3.8) is 0 Å². The summed E-state index contributed by atoms with van der Waals surface area (Å²) in [6.07, 6.45) is 1.15. The minimum absolute atomic E-state index is 0.618. The molecular weight excluding hydrogens is 320 g/mol. The van der Waals surface area contributed by atoms with Crippen LogP contribution in [-0.2, 0) is 11.3 Å². The van der Waals surface area contributed by atoms with Crippen molar-refractivity contribution < 1.29 is 4.74 Å². The third kappa shape index (κ3) is 4.66. The quantitative estimate of drug-likeness (QED) is 0.701. The molecule has 0 saturated heterocycles. The van der Waals surface area contributed by atoms with E-state index in [-0.39, 0.29) is 0 Å². The third-order valence-corrected chi connectivity index (χ3v) is 4.05. The maximum absolute atomic E-state index is 5.68. The van der Waals surface area contributed by atoms with Gasteiger partial charge in [-0.25, -0.2) is 0 Å². The predicted octanol–water partition coefficient (Wildman–Crippen LogP) is 4.39. The van der Waals surface area contributed by atoms with Crippen LogP contribution in [0, 0.1) is 5.92 Å². The Labute approximate surface area is 108 Å². The van der Waals surface area contributed by atoms with Gasteiger partial charge in [-0.2, -0.15) is 0 Å². The van der Waals surface area contributed by atoms with Crippen molar-refractivity contribution in [1.82, 2.24) is 0 Å². The summed E-state index contributed by atoms with van der Waals surface area (Å²) in [5.41, 5.74) is 1.21. The molecule has 0 aliphatic carbocycles. The molecule has 1 rings (SSSR count). The summed E-state index contributed by atoms with van der Waals surface area (Å²) in [7, 11) is 0. The Morgan fingerprint density at radius 3 is 2.67 bits per heavy atom. The van der Waals surface area contributed by atoms with Crippen LogP contribution in [0.15, 0.2) is 28.7 Å². The van der Waals surface area contributed by atoms with Crippen LogP contribution in [0.2, 0.25) is 0 Å². The molecule has 0 radical (unpaired) electrons. The molecule has 0 amide bonds. The second-order valence-corrected chi connectivity index (χ2v) is 5.04. The number of benzene rings is 1. The molecule has 1 unspecified atom stereocenters. The molecule has 0 aliphatic rings. The summed E-state index contributed by atoms with van der Waals surface area (Å²) in [4.78, 5) is 0. The average molecular weight is 336 g/mol. The van der Waals surface area contributed by atoms with Gasteiger partial charge in [0, 0.05) is 9.80 Å². The molecule has 84 valence electrons. The van der Waals surface area contributed by atoms with E-state index in [0.29, 0.717) is 12.5 Å². The van der Waals surface area contributed by atoms with Gasteiger partial charge in [-0.1, -0.05) is 63.4 Å². The van der Waals surface area contributed by atoms with Gasteiger partial charge < -0.3 is 4.74 Å². The van der Waals surface area contributed by atoms with E-state index >= 15 is 0 Å². The fraction of sp³-hybridized carbons (Fsp3) is 0.500. The largest absolute Gasteiger partial charge is 0.376 e. The number of halogens is 2. The SMILES string of the molecule is CCC(CBr)COCc1ccccc1Br. The zero-order chi connectivity index (χ0) is 11.1. The molecule has 3 heteroatoms. The minimum atomic E-state index is 0.618. The van der Waals surface area contributed by atoms with Crippen molar-refractivity contribution in [3.8, 4) is 0 Å². The molecule has 1 atom stereocenters. The summed E-state index contributed by atoms with van der Waals surface area (Å²) in [5, 5.41) is 1.01. The van der Waals surface area contributed by atoms with Gasteiger partial charge in [-0.15, -0.1) is 0 Å².